The first kappa shape index (κ1) is 15.5. The summed E-state index contributed by atoms with van der Waals surface area (Å²) in [5, 5.41) is 3.21. The van der Waals surface area contributed by atoms with Crippen LogP contribution < -0.4 is 5.32 Å². The van der Waals surface area contributed by atoms with Gasteiger partial charge in [-0.05, 0) is 25.0 Å². The molecule has 1 aromatic heterocycles. The van der Waals surface area contributed by atoms with Crippen molar-refractivity contribution < 1.29 is 4.79 Å². The molecule has 0 spiro atoms. The van der Waals surface area contributed by atoms with Crippen LogP contribution in [0.5, 0.6) is 0 Å². The van der Waals surface area contributed by atoms with E-state index in [1.165, 1.54) is 0 Å². The van der Waals surface area contributed by atoms with Crippen LogP contribution in [0.1, 0.15) is 49.9 Å². The Morgan fingerprint density at radius 3 is 2.79 bits per heavy atom. The molecule has 0 saturated heterocycles. The highest BCUT2D eigenvalue weighted by atomic mass is 16.2. The molecule has 1 amide bonds. The molecule has 0 bridgehead atoms. The summed E-state index contributed by atoms with van der Waals surface area (Å²) in [5.74, 6) is 0.736. The number of hydrogen-bond acceptors (Lipinski definition) is 3. The Morgan fingerprint density at radius 2 is 2.11 bits per heavy atom. The van der Waals surface area contributed by atoms with E-state index in [1.54, 1.807) is 11.1 Å². The maximum Gasteiger partial charge on any atom is 0.257 e. The number of carbonyl (C=O) groups is 1. The van der Waals surface area contributed by atoms with Crippen molar-refractivity contribution in [3.05, 3.63) is 23.9 Å². The zero-order valence-electron chi connectivity index (χ0n) is 12.3. The van der Waals surface area contributed by atoms with Crippen molar-refractivity contribution >= 4 is 11.7 Å². The second-order valence-corrected chi connectivity index (χ2v) is 4.76. The lowest BCUT2D eigenvalue weighted by atomic mass is 10.2. The van der Waals surface area contributed by atoms with E-state index in [0.29, 0.717) is 11.4 Å². The summed E-state index contributed by atoms with van der Waals surface area (Å²) >= 11 is 0. The molecule has 4 nitrogen and oxygen atoms in total. The molecule has 1 aromatic rings. The molecule has 1 rings (SSSR count). The Balaban J connectivity index is 2.69. The molecule has 1 N–H and O–H groups in total. The van der Waals surface area contributed by atoms with Gasteiger partial charge in [-0.1, -0.05) is 26.7 Å². The van der Waals surface area contributed by atoms with Crippen LogP contribution in [-0.2, 0) is 0 Å². The van der Waals surface area contributed by atoms with Gasteiger partial charge in [0.1, 0.15) is 5.82 Å². The average Bonchev–Trinajstić information content (AvgIpc) is 2.44. The number of amides is 1. The average molecular weight is 263 g/mol. The van der Waals surface area contributed by atoms with Crippen molar-refractivity contribution in [3.8, 4) is 0 Å². The summed E-state index contributed by atoms with van der Waals surface area (Å²) in [6.07, 6.45) is 6.10. The number of nitrogens with one attached hydrogen (secondary N) is 1. The van der Waals surface area contributed by atoms with Crippen molar-refractivity contribution in [2.45, 2.75) is 39.5 Å². The SMILES string of the molecule is CCCCCN(C)C(=O)c1cccnc1NCCC. The third kappa shape index (κ3) is 4.89. The zero-order chi connectivity index (χ0) is 14.1. The fourth-order valence-corrected chi connectivity index (χ4v) is 1.87. The minimum atomic E-state index is 0.0443. The minimum absolute atomic E-state index is 0.0443. The summed E-state index contributed by atoms with van der Waals surface area (Å²) in [7, 11) is 1.86. The van der Waals surface area contributed by atoms with Gasteiger partial charge in [0.25, 0.3) is 5.91 Å². The molecule has 19 heavy (non-hydrogen) atoms. The first-order valence-corrected chi connectivity index (χ1v) is 7.15. The molecule has 0 atom stereocenters. The van der Waals surface area contributed by atoms with Crippen LogP contribution in [0.25, 0.3) is 0 Å². The van der Waals surface area contributed by atoms with Crippen LogP contribution >= 0.6 is 0 Å². The summed E-state index contributed by atoms with van der Waals surface area (Å²) in [6.45, 7) is 5.88. The van der Waals surface area contributed by atoms with Crippen molar-refractivity contribution in [3.63, 3.8) is 0 Å². The van der Waals surface area contributed by atoms with E-state index >= 15 is 0 Å². The molecule has 0 aliphatic rings. The number of hydrogen-bond donors (Lipinski definition) is 1. The van der Waals surface area contributed by atoms with Crippen LogP contribution in [0.15, 0.2) is 18.3 Å². The van der Waals surface area contributed by atoms with E-state index in [0.717, 1.165) is 38.8 Å². The number of anilines is 1. The number of unbranched alkanes of at least 4 members (excludes halogenated alkanes) is 2. The van der Waals surface area contributed by atoms with Gasteiger partial charge in [-0.2, -0.15) is 0 Å². The van der Waals surface area contributed by atoms with Gasteiger partial charge < -0.3 is 10.2 Å². The van der Waals surface area contributed by atoms with E-state index in [1.807, 2.05) is 19.2 Å². The first-order chi connectivity index (χ1) is 9.20. The molecule has 0 aromatic carbocycles. The molecule has 0 aliphatic carbocycles. The van der Waals surface area contributed by atoms with Crippen molar-refractivity contribution in [2.75, 3.05) is 25.5 Å². The van der Waals surface area contributed by atoms with Gasteiger partial charge in [-0.15, -0.1) is 0 Å². The lowest BCUT2D eigenvalue weighted by Gasteiger charge is -2.18. The quantitative estimate of drug-likeness (QED) is 0.733. The maximum atomic E-state index is 12.4. The van der Waals surface area contributed by atoms with E-state index in [2.05, 4.69) is 24.1 Å². The minimum Gasteiger partial charge on any atom is -0.369 e. The second-order valence-electron chi connectivity index (χ2n) is 4.76. The third-order valence-corrected chi connectivity index (χ3v) is 3.02. The molecule has 0 fully saturated rings. The van der Waals surface area contributed by atoms with Gasteiger partial charge in [0, 0.05) is 26.3 Å². The molecular formula is C15H25N3O. The lowest BCUT2D eigenvalue weighted by molar-refractivity contribution is 0.0793. The molecule has 0 saturated carbocycles. The van der Waals surface area contributed by atoms with E-state index < -0.39 is 0 Å². The van der Waals surface area contributed by atoms with Crippen LogP contribution in [0, 0.1) is 0 Å². The topological polar surface area (TPSA) is 45.2 Å². The number of aromatic nitrogens is 1. The molecule has 1 heterocycles. The number of carbonyl (C=O) groups excluding carboxylic acids is 1. The summed E-state index contributed by atoms with van der Waals surface area (Å²) in [5.41, 5.74) is 0.662. The van der Waals surface area contributed by atoms with Crippen LogP contribution in [-0.4, -0.2) is 35.9 Å². The Morgan fingerprint density at radius 1 is 1.32 bits per heavy atom. The number of pyridine rings is 1. The Hall–Kier alpha value is -1.58. The molecular weight excluding hydrogens is 238 g/mol. The Bertz CT molecular complexity index is 393. The summed E-state index contributed by atoms with van der Waals surface area (Å²) < 4.78 is 0. The van der Waals surface area contributed by atoms with Gasteiger partial charge in [0.2, 0.25) is 0 Å². The molecule has 0 radical (unpaired) electrons. The molecule has 0 aliphatic heterocycles. The zero-order valence-corrected chi connectivity index (χ0v) is 12.3. The van der Waals surface area contributed by atoms with Crippen molar-refractivity contribution in [1.29, 1.82) is 0 Å². The van der Waals surface area contributed by atoms with Crippen molar-refractivity contribution in [1.82, 2.24) is 9.88 Å². The van der Waals surface area contributed by atoms with Gasteiger partial charge in [0.05, 0.1) is 5.56 Å². The van der Waals surface area contributed by atoms with E-state index in [-0.39, 0.29) is 5.91 Å². The number of nitrogens with zero attached hydrogens (tertiary/aromatic N) is 2. The van der Waals surface area contributed by atoms with Gasteiger partial charge in [-0.3, -0.25) is 4.79 Å². The normalized spacial score (nSPS) is 10.3. The highest BCUT2D eigenvalue weighted by Gasteiger charge is 2.15. The highest BCUT2D eigenvalue weighted by Crippen LogP contribution is 2.14. The standard InChI is InChI=1S/C15H25N3O/c1-4-6-7-12-18(3)15(19)13-9-8-11-17-14(13)16-10-5-2/h8-9,11H,4-7,10,12H2,1-3H3,(H,16,17). The molecule has 0 unspecified atom stereocenters. The number of rotatable bonds is 8. The first-order valence-electron chi connectivity index (χ1n) is 7.15. The largest absolute Gasteiger partial charge is 0.369 e. The third-order valence-electron chi connectivity index (χ3n) is 3.02. The molecule has 106 valence electrons. The van der Waals surface area contributed by atoms with Gasteiger partial charge in [0.15, 0.2) is 0 Å². The second kappa shape index (κ2) is 8.51. The van der Waals surface area contributed by atoms with Crippen LogP contribution in [0.4, 0.5) is 5.82 Å². The van der Waals surface area contributed by atoms with Gasteiger partial charge in [-0.25, -0.2) is 4.98 Å². The fraction of sp³-hybridized carbons (Fsp3) is 0.600. The van der Waals surface area contributed by atoms with Crippen LogP contribution in [0.3, 0.4) is 0 Å². The maximum absolute atomic E-state index is 12.4. The van der Waals surface area contributed by atoms with Crippen LogP contribution in [0.2, 0.25) is 0 Å². The predicted octanol–water partition coefficient (Wildman–Crippen LogP) is 3.17. The van der Waals surface area contributed by atoms with E-state index in [9.17, 15) is 4.79 Å². The molecule has 4 heteroatoms. The van der Waals surface area contributed by atoms with Crippen molar-refractivity contribution in [2.24, 2.45) is 0 Å². The van der Waals surface area contributed by atoms with E-state index in [4.69, 9.17) is 0 Å². The Labute approximate surface area is 116 Å². The summed E-state index contributed by atoms with van der Waals surface area (Å²) in [4.78, 5) is 18.4. The fourth-order valence-electron chi connectivity index (χ4n) is 1.87. The monoisotopic (exact) mass is 263 g/mol. The highest BCUT2D eigenvalue weighted by molar-refractivity contribution is 5.98. The summed E-state index contributed by atoms with van der Waals surface area (Å²) in [6, 6.07) is 3.65. The predicted molar refractivity (Wildman–Crippen MR) is 79.5 cm³/mol. The Kier molecular flexibility index (Phi) is 6.93. The van der Waals surface area contributed by atoms with Gasteiger partial charge >= 0.3 is 0 Å². The smallest absolute Gasteiger partial charge is 0.257 e. The lowest BCUT2D eigenvalue weighted by Crippen LogP contribution is -2.28.